The van der Waals surface area contributed by atoms with Gasteiger partial charge in [0.25, 0.3) is 5.91 Å². The van der Waals surface area contributed by atoms with E-state index in [1.807, 2.05) is 32.0 Å². The molecule has 0 N–H and O–H groups in total. The number of methoxy groups -OCH3 is 1. The van der Waals surface area contributed by atoms with Crippen LogP contribution >= 0.6 is 0 Å². The largest absolute Gasteiger partial charge is 0.416 e. The fourth-order valence-corrected chi connectivity index (χ4v) is 5.99. The molecule has 1 amide bonds. The van der Waals surface area contributed by atoms with Crippen molar-refractivity contribution in [2.75, 3.05) is 66.2 Å². The lowest BCUT2D eigenvalue weighted by Gasteiger charge is -2.42. The van der Waals surface area contributed by atoms with E-state index >= 15 is 0 Å². The van der Waals surface area contributed by atoms with Gasteiger partial charge in [0.1, 0.15) is 0 Å². The summed E-state index contributed by atoms with van der Waals surface area (Å²) in [5.41, 5.74) is -0.476. The molecule has 0 aromatic heterocycles. The van der Waals surface area contributed by atoms with Gasteiger partial charge in [-0.05, 0) is 81.1 Å². The van der Waals surface area contributed by atoms with Crippen LogP contribution in [0.15, 0.2) is 36.4 Å². The first kappa shape index (κ1) is 34.2. The molecule has 0 spiro atoms. The van der Waals surface area contributed by atoms with Crippen molar-refractivity contribution in [3.8, 4) is 0 Å². The lowest BCUT2D eigenvalue weighted by atomic mass is 9.97. The van der Waals surface area contributed by atoms with Gasteiger partial charge in [-0.3, -0.25) is 14.6 Å². The van der Waals surface area contributed by atoms with E-state index in [1.165, 1.54) is 4.90 Å². The Kier molecular flexibility index (Phi) is 11.4. The zero-order chi connectivity index (χ0) is 32.1. The van der Waals surface area contributed by atoms with Crippen LogP contribution in [0, 0.1) is 13.8 Å². The van der Waals surface area contributed by atoms with Gasteiger partial charge in [0.15, 0.2) is 0 Å². The van der Waals surface area contributed by atoms with E-state index in [4.69, 9.17) is 9.47 Å². The van der Waals surface area contributed by atoms with Crippen LogP contribution in [-0.2, 0) is 28.2 Å². The van der Waals surface area contributed by atoms with Gasteiger partial charge >= 0.3 is 12.4 Å². The van der Waals surface area contributed by atoms with Crippen molar-refractivity contribution in [2.45, 2.75) is 57.5 Å². The number of aryl methyl sites for hydroxylation is 2. The minimum absolute atomic E-state index is 0.0513. The molecule has 2 aromatic rings. The number of morpholine rings is 1. The Balaban J connectivity index is 1.49. The van der Waals surface area contributed by atoms with E-state index in [1.54, 1.807) is 7.11 Å². The lowest BCUT2D eigenvalue weighted by Crippen LogP contribution is -2.56. The highest BCUT2D eigenvalue weighted by atomic mass is 19.4. The van der Waals surface area contributed by atoms with Crippen LogP contribution in [0.2, 0.25) is 0 Å². The number of nitrogens with zero attached hydrogens (tertiary/aromatic N) is 3. The fraction of sp³-hybridized carbons (Fsp3) is 0.594. The van der Waals surface area contributed by atoms with Crippen LogP contribution in [-0.4, -0.2) is 98.9 Å². The monoisotopic (exact) mass is 629 g/mol. The smallest absolute Gasteiger partial charge is 0.383 e. The molecule has 12 heteroatoms. The van der Waals surface area contributed by atoms with E-state index in [-0.39, 0.29) is 18.7 Å². The molecule has 6 nitrogen and oxygen atoms in total. The summed E-state index contributed by atoms with van der Waals surface area (Å²) < 4.78 is 92.1. The number of halogens is 6. The first-order chi connectivity index (χ1) is 20.8. The summed E-state index contributed by atoms with van der Waals surface area (Å²) in [5, 5.41) is 0. The number of alkyl halides is 6. The third-order valence-electron chi connectivity index (χ3n) is 8.58. The number of unbranched alkanes of at least 4 members (excludes halogenated alkanes) is 1. The van der Waals surface area contributed by atoms with Crippen LogP contribution in [0.1, 0.15) is 51.0 Å². The molecule has 2 atom stereocenters. The number of amides is 1. The fourth-order valence-electron chi connectivity index (χ4n) is 5.99. The van der Waals surface area contributed by atoms with Crippen LogP contribution in [0.4, 0.5) is 26.3 Å². The van der Waals surface area contributed by atoms with Crippen molar-refractivity contribution >= 4 is 5.91 Å². The first-order valence-electron chi connectivity index (χ1n) is 15.0. The molecule has 2 aliphatic heterocycles. The maximum absolute atomic E-state index is 13.7. The number of rotatable bonds is 10. The van der Waals surface area contributed by atoms with Crippen LogP contribution in [0.5, 0.6) is 0 Å². The lowest BCUT2D eigenvalue weighted by molar-refractivity contribution is -0.143. The molecule has 244 valence electrons. The summed E-state index contributed by atoms with van der Waals surface area (Å²) in [5.74, 6) is -0.827. The molecule has 2 saturated heterocycles. The molecule has 0 unspecified atom stereocenters. The molecule has 0 saturated carbocycles. The van der Waals surface area contributed by atoms with Gasteiger partial charge in [-0.15, -0.1) is 0 Å². The van der Waals surface area contributed by atoms with Gasteiger partial charge in [0, 0.05) is 44.9 Å². The Hall–Kier alpha value is -2.67. The molecular weight excluding hydrogens is 588 g/mol. The Bertz CT molecular complexity index is 1230. The van der Waals surface area contributed by atoms with Crippen molar-refractivity contribution in [2.24, 2.45) is 0 Å². The average molecular weight is 630 g/mol. The Morgan fingerprint density at radius 3 is 2.20 bits per heavy atom. The SMILES string of the molecule is COC[C@H]1COCCN1CCCCN1CCN(C(=O)c2cc(C(F)(F)F)cc(C(F)(F)F)c2)[C@H](Cc2ccc(C)c(C)c2)C1. The molecule has 2 aliphatic rings. The quantitative estimate of drug-likeness (QED) is 0.244. The number of benzene rings is 2. The van der Waals surface area contributed by atoms with Gasteiger partial charge < -0.3 is 14.4 Å². The number of carbonyl (C=O) groups is 1. The number of piperazine rings is 1. The molecule has 0 bridgehead atoms. The second-order valence-electron chi connectivity index (χ2n) is 11.8. The predicted octanol–water partition coefficient (Wildman–Crippen LogP) is 5.84. The minimum atomic E-state index is -5.03. The van der Waals surface area contributed by atoms with Crippen molar-refractivity contribution in [3.05, 3.63) is 69.8 Å². The summed E-state index contributed by atoms with van der Waals surface area (Å²) in [7, 11) is 1.67. The average Bonchev–Trinajstić information content (AvgIpc) is 2.97. The van der Waals surface area contributed by atoms with E-state index in [0.717, 1.165) is 49.2 Å². The predicted molar refractivity (Wildman–Crippen MR) is 155 cm³/mol. The van der Waals surface area contributed by atoms with E-state index in [9.17, 15) is 31.1 Å². The molecule has 2 heterocycles. The molecule has 2 fully saturated rings. The van der Waals surface area contributed by atoms with Crippen LogP contribution in [0.25, 0.3) is 0 Å². The van der Waals surface area contributed by atoms with Crippen molar-refractivity contribution in [1.82, 2.24) is 14.7 Å². The zero-order valence-corrected chi connectivity index (χ0v) is 25.4. The summed E-state index contributed by atoms with van der Waals surface area (Å²) >= 11 is 0. The second-order valence-corrected chi connectivity index (χ2v) is 11.8. The van der Waals surface area contributed by atoms with Crippen LogP contribution in [0.3, 0.4) is 0 Å². The number of hydrogen-bond acceptors (Lipinski definition) is 5. The van der Waals surface area contributed by atoms with Crippen molar-refractivity contribution in [3.63, 3.8) is 0 Å². The summed E-state index contributed by atoms with van der Waals surface area (Å²) in [6, 6.07) is 6.85. The zero-order valence-electron chi connectivity index (χ0n) is 25.4. The Morgan fingerprint density at radius 2 is 1.57 bits per heavy atom. The number of carbonyl (C=O) groups excluding carboxylic acids is 1. The van der Waals surface area contributed by atoms with Gasteiger partial charge in [0.05, 0.1) is 37.0 Å². The van der Waals surface area contributed by atoms with Gasteiger partial charge in [-0.25, -0.2) is 0 Å². The Morgan fingerprint density at radius 1 is 0.886 bits per heavy atom. The van der Waals surface area contributed by atoms with Crippen molar-refractivity contribution in [1.29, 1.82) is 0 Å². The van der Waals surface area contributed by atoms with E-state index < -0.39 is 41.0 Å². The summed E-state index contributed by atoms with van der Waals surface area (Å²) in [6.07, 6.45) is -7.77. The summed E-state index contributed by atoms with van der Waals surface area (Å²) in [6.45, 7) is 9.55. The molecular formula is C32H41F6N3O3. The van der Waals surface area contributed by atoms with Gasteiger partial charge in [0.2, 0.25) is 0 Å². The molecule has 2 aromatic carbocycles. The maximum Gasteiger partial charge on any atom is 0.416 e. The Labute approximate surface area is 254 Å². The van der Waals surface area contributed by atoms with E-state index in [2.05, 4.69) is 9.80 Å². The normalized spacial score (nSPS) is 20.7. The highest BCUT2D eigenvalue weighted by molar-refractivity contribution is 5.95. The van der Waals surface area contributed by atoms with Crippen molar-refractivity contribution < 1.29 is 40.6 Å². The van der Waals surface area contributed by atoms with E-state index in [0.29, 0.717) is 51.5 Å². The van der Waals surface area contributed by atoms with Crippen LogP contribution < -0.4 is 0 Å². The summed E-state index contributed by atoms with van der Waals surface area (Å²) in [4.78, 5) is 19.7. The number of ether oxygens (including phenoxy) is 2. The number of hydrogen-bond donors (Lipinski definition) is 0. The molecule has 4 rings (SSSR count). The molecule has 0 radical (unpaired) electrons. The van der Waals surface area contributed by atoms with Gasteiger partial charge in [-0.2, -0.15) is 26.3 Å². The standard InChI is InChI=1S/C32H41F6N3O3/c1-22-6-7-24(14-23(22)2)15-28-19-39(8-4-5-9-40-12-13-44-21-29(40)20-43-3)10-11-41(28)30(42)25-16-26(31(33,34)35)18-27(17-25)32(36,37)38/h6-7,14,16-18,28-29H,4-5,8-13,15,19-21H2,1-3H3/t28-,29+/m1/s1. The third-order valence-corrected chi connectivity index (χ3v) is 8.58. The first-order valence-corrected chi connectivity index (χ1v) is 15.0. The third kappa shape index (κ3) is 8.95. The molecule has 0 aliphatic carbocycles. The topological polar surface area (TPSA) is 45.3 Å². The maximum atomic E-state index is 13.7. The van der Waals surface area contributed by atoms with Gasteiger partial charge in [-0.1, -0.05) is 18.2 Å². The highest BCUT2D eigenvalue weighted by Gasteiger charge is 2.39. The molecule has 44 heavy (non-hydrogen) atoms. The second kappa shape index (κ2) is 14.6. The highest BCUT2D eigenvalue weighted by Crippen LogP contribution is 2.37. The minimum Gasteiger partial charge on any atom is -0.383 e.